The van der Waals surface area contributed by atoms with Crippen LogP contribution in [-0.2, 0) is 33.6 Å². The van der Waals surface area contributed by atoms with E-state index in [1.165, 1.54) is 15.9 Å². The number of carbonyl (C=O) groups excluding carboxylic acids is 3. The van der Waals surface area contributed by atoms with Gasteiger partial charge in [0.15, 0.2) is 0 Å². The summed E-state index contributed by atoms with van der Waals surface area (Å²) < 4.78 is 0. The molecule has 50 heavy (non-hydrogen) atoms. The highest BCUT2D eigenvalue weighted by Gasteiger charge is 2.35. The number of amides is 3. The van der Waals surface area contributed by atoms with Gasteiger partial charge in [0.25, 0.3) is 0 Å². The van der Waals surface area contributed by atoms with Crippen molar-refractivity contribution in [2.24, 2.45) is 5.73 Å². The lowest BCUT2D eigenvalue weighted by atomic mass is 9.90. The Morgan fingerprint density at radius 1 is 0.740 bits per heavy atom. The number of nitrogens with one attached hydrogen (secondary N) is 1. The van der Waals surface area contributed by atoms with Gasteiger partial charge in [0, 0.05) is 51.4 Å². The minimum absolute atomic E-state index is 0.253. The van der Waals surface area contributed by atoms with Gasteiger partial charge < -0.3 is 20.9 Å². The largest absolute Gasteiger partial charge is 0.354 e. The average molecular weight is 674 g/mol. The van der Waals surface area contributed by atoms with Gasteiger partial charge in [0.2, 0.25) is 17.7 Å². The van der Waals surface area contributed by atoms with Crippen LogP contribution < -0.4 is 11.1 Å². The van der Waals surface area contributed by atoms with Crippen LogP contribution in [0.5, 0.6) is 0 Å². The van der Waals surface area contributed by atoms with Gasteiger partial charge in [-0.25, -0.2) is 0 Å². The van der Waals surface area contributed by atoms with Gasteiger partial charge >= 0.3 is 0 Å². The summed E-state index contributed by atoms with van der Waals surface area (Å²) in [6.45, 7) is 4.49. The highest BCUT2D eigenvalue weighted by molar-refractivity contribution is 5.95. The topological polar surface area (TPSA) is 109 Å². The Hall–Kier alpha value is -5.08. The molecule has 0 radical (unpaired) electrons. The summed E-state index contributed by atoms with van der Waals surface area (Å²) in [5.41, 5.74) is 11.1. The van der Waals surface area contributed by atoms with E-state index >= 15 is 0 Å². The van der Waals surface area contributed by atoms with Crippen molar-refractivity contribution in [2.75, 3.05) is 20.6 Å². The van der Waals surface area contributed by atoms with Crippen LogP contribution in [0.25, 0.3) is 11.1 Å². The molecule has 0 saturated carbocycles. The van der Waals surface area contributed by atoms with E-state index in [0.29, 0.717) is 25.8 Å². The van der Waals surface area contributed by atoms with Gasteiger partial charge in [-0.3, -0.25) is 19.4 Å². The Morgan fingerprint density at radius 3 is 1.92 bits per heavy atom. The molecule has 0 unspecified atom stereocenters. The quantitative estimate of drug-likeness (QED) is 0.134. The lowest BCUT2D eigenvalue weighted by molar-refractivity contribution is -0.146. The molecule has 8 nitrogen and oxygen atoms in total. The molecule has 3 aromatic carbocycles. The van der Waals surface area contributed by atoms with E-state index in [1.54, 1.807) is 32.6 Å². The van der Waals surface area contributed by atoms with E-state index in [9.17, 15) is 14.4 Å². The predicted octanol–water partition coefficient (Wildman–Crippen LogP) is 6.01. The molecule has 0 aliphatic heterocycles. The highest BCUT2D eigenvalue weighted by Crippen LogP contribution is 2.22. The fourth-order valence-electron chi connectivity index (χ4n) is 5.91. The summed E-state index contributed by atoms with van der Waals surface area (Å²) in [5.74, 6) is -0.868. The standard InChI is InChI=1S/C42H51N5O3/c1-5-42(43,6-2)26-13-18-39(48)46(3)38(31-34-19-21-36(22-20-34)35-16-11-8-12-17-35)41(50)47(4)37(30-33-14-9-7-10-15-33)40(49)45-29-25-32-23-27-44-28-24-32/h7-24,27-28,37-38H,5-6,25-26,29-31,43H2,1-4H3,(H,45,49)/b18-13+/t37-,38-/m1/s1. The summed E-state index contributed by atoms with van der Waals surface area (Å²) in [6, 6.07) is 30.0. The minimum atomic E-state index is -0.859. The SMILES string of the molecule is CCC(N)(CC)C/C=C/C(=O)N(C)[C@H](Cc1ccc(-c2ccccc2)cc1)C(=O)N(C)[C@H](Cc1ccccc1)C(=O)NCCc1ccncc1. The third kappa shape index (κ3) is 10.7. The molecule has 0 bridgehead atoms. The number of rotatable bonds is 17. The Balaban J connectivity index is 1.60. The summed E-state index contributed by atoms with van der Waals surface area (Å²) in [5, 5.41) is 3.05. The molecule has 8 heteroatoms. The Bertz CT molecular complexity index is 1670. The lowest BCUT2D eigenvalue weighted by Crippen LogP contribution is -2.56. The van der Waals surface area contributed by atoms with Crippen molar-refractivity contribution in [3.05, 3.63) is 138 Å². The van der Waals surface area contributed by atoms with Gasteiger partial charge in [-0.15, -0.1) is 0 Å². The first-order valence-corrected chi connectivity index (χ1v) is 17.5. The molecule has 0 aliphatic rings. The highest BCUT2D eigenvalue weighted by atomic mass is 16.2. The molecule has 0 aliphatic carbocycles. The Morgan fingerprint density at radius 2 is 1.30 bits per heavy atom. The molecule has 2 atom stereocenters. The normalized spacial score (nSPS) is 12.7. The molecule has 4 aromatic rings. The molecule has 3 amide bonds. The van der Waals surface area contributed by atoms with Crippen LogP contribution in [0.4, 0.5) is 0 Å². The van der Waals surface area contributed by atoms with Crippen molar-refractivity contribution in [3.63, 3.8) is 0 Å². The van der Waals surface area contributed by atoms with Crippen molar-refractivity contribution in [2.45, 2.75) is 70.0 Å². The molecular formula is C42H51N5O3. The van der Waals surface area contributed by atoms with Crippen LogP contribution in [0.15, 0.2) is 122 Å². The molecule has 3 N–H and O–H groups in total. The second-order valence-corrected chi connectivity index (χ2v) is 13.0. The number of aromatic nitrogens is 1. The van der Waals surface area contributed by atoms with E-state index in [-0.39, 0.29) is 29.7 Å². The number of nitrogens with two attached hydrogens (primary N) is 1. The maximum Gasteiger partial charge on any atom is 0.246 e. The fourth-order valence-corrected chi connectivity index (χ4v) is 5.91. The van der Waals surface area contributed by atoms with Gasteiger partial charge in [0.05, 0.1) is 0 Å². The molecule has 4 rings (SSSR count). The maximum atomic E-state index is 14.5. The number of hydrogen-bond donors (Lipinski definition) is 2. The summed E-state index contributed by atoms with van der Waals surface area (Å²) in [4.78, 5) is 49.0. The summed E-state index contributed by atoms with van der Waals surface area (Å²) in [6.07, 6.45) is 10.1. The zero-order valence-corrected chi connectivity index (χ0v) is 29.8. The van der Waals surface area contributed by atoms with Crippen LogP contribution in [0.1, 0.15) is 49.8 Å². The summed E-state index contributed by atoms with van der Waals surface area (Å²) >= 11 is 0. The number of pyridine rings is 1. The smallest absolute Gasteiger partial charge is 0.246 e. The van der Waals surface area contributed by atoms with Crippen LogP contribution in [0, 0.1) is 0 Å². The van der Waals surface area contributed by atoms with Crippen molar-refractivity contribution >= 4 is 17.7 Å². The lowest BCUT2D eigenvalue weighted by Gasteiger charge is -2.34. The molecule has 0 spiro atoms. The van der Waals surface area contributed by atoms with Crippen molar-refractivity contribution in [1.82, 2.24) is 20.1 Å². The number of benzene rings is 3. The molecule has 0 saturated heterocycles. The van der Waals surface area contributed by atoms with Crippen LogP contribution >= 0.6 is 0 Å². The van der Waals surface area contributed by atoms with E-state index in [1.807, 2.05) is 98.8 Å². The van der Waals surface area contributed by atoms with Crippen LogP contribution in [0.2, 0.25) is 0 Å². The van der Waals surface area contributed by atoms with Crippen LogP contribution in [0.3, 0.4) is 0 Å². The average Bonchev–Trinajstić information content (AvgIpc) is 3.16. The first-order chi connectivity index (χ1) is 24.1. The number of hydrogen-bond acceptors (Lipinski definition) is 5. The monoisotopic (exact) mass is 673 g/mol. The fraction of sp³-hybridized carbons (Fsp3) is 0.333. The zero-order valence-electron chi connectivity index (χ0n) is 29.8. The maximum absolute atomic E-state index is 14.5. The van der Waals surface area contributed by atoms with E-state index < -0.39 is 12.1 Å². The van der Waals surface area contributed by atoms with Crippen molar-refractivity contribution in [3.8, 4) is 11.1 Å². The van der Waals surface area contributed by atoms with E-state index in [2.05, 4.69) is 22.4 Å². The second kappa shape index (κ2) is 18.6. The van der Waals surface area contributed by atoms with E-state index in [4.69, 9.17) is 5.73 Å². The molecular weight excluding hydrogens is 622 g/mol. The molecule has 0 fully saturated rings. The van der Waals surface area contributed by atoms with Gasteiger partial charge in [-0.1, -0.05) is 105 Å². The summed E-state index contributed by atoms with van der Waals surface area (Å²) in [7, 11) is 3.31. The minimum Gasteiger partial charge on any atom is -0.354 e. The first-order valence-electron chi connectivity index (χ1n) is 17.5. The first kappa shape index (κ1) is 37.7. The number of carbonyl (C=O) groups is 3. The Kier molecular flexibility index (Phi) is 14.1. The second-order valence-electron chi connectivity index (χ2n) is 13.0. The van der Waals surface area contributed by atoms with Crippen molar-refractivity contribution in [1.29, 1.82) is 0 Å². The predicted molar refractivity (Wildman–Crippen MR) is 201 cm³/mol. The third-order valence-electron chi connectivity index (χ3n) is 9.64. The number of likely N-dealkylation sites (N-methyl/N-ethyl adjacent to an activating group) is 2. The molecule has 1 aromatic heterocycles. The number of nitrogens with zero attached hydrogens (tertiary/aromatic N) is 3. The van der Waals surface area contributed by atoms with Crippen molar-refractivity contribution < 1.29 is 14.4 Å². The molecule has 262 valence electrons. The Labute approximate surface area is 297 Å². The third-order valence-corrected chi connectivity index (χ3v) is 9.64. The molecule has 1 heterocycles. The zero-order chi connectivity index (χ0) is 35.9. The van der Waals surface area contributed by atoms with E-state index in [0.717, 1.165) is 40.7 Å². The van der Waals surface area contributed by atoms with Crippen LogP contribution in [-0.4, -0.2) is 70.8 Å². The van der Waals surface area contributed by atoms with Gasteiger partial charge in [-0.2, -0.15) is 0 Å². The van der Waals surface area contributed by atoms with Gasteiger partial charge in [-0.05, 0) is 71.7 Å². The van der Waals surface area contributed by atoms with Gasteiger partial charge in [0.1, 0.15) is 12.1 Å².